The molecule has 0 amide bonds. The van der Waals surface area contributed by atoms with Gasteiger partial charge in [-0.2, -0.15) is 10.1 Å². The standard InChI is InChI=1S/C32H28BrFN5OPS/c1-21-20-28(22(2)38(21)26-16-14-25(34)15-17-26)29-30-31(39(36-29)27-8-4-3-5-9-27)35-32(23-10-12-24(33)13-11-23)40-41(30,42)37-18-6-7-19-37/h3-5,8-17,20H,6-7,18-19H2,1-2H3. The van der Waals surface area contributed by atoms with Gasteiger partial charge < -0.3 is 9.09 Å². The Morgan fingerprint density at radius 2 is 1.60 bits per heavy atom. The molecule has 5 aromatic rings. The molecule has 7 rings (SSSR count). The van der Waals surface area contributed by atoms with Gasteiger partial charge in [0.1, 0.15) is 16.8 Å². The highest BCUT2D eigenvalue weighted by molar-refractivity contribution is 9.10. The number of aromatic nitrogens is 3. The molecule has 1 atom stereocenters. The molecule has 0 bridgehead atoms. The lowest BCUT2D eigenvalue weighted by atomic mass is 10.2. The van der Waals surface area contributed by atoms with Gasteiger partial charge in [-0.15, -0.1) is 0 Å². The van der Waals surface area contributed by atoms with Crippen molar-refractivity contribution in [2.24, 2.45) is 4.99 Å². The van der Waals surface area contributed by atoms with Gasteiger partial charge in [-0.3, -0.25) is 0 Å². The van der Waals surface area contributed by atoms with E-state index in [2.05, 4.69) is 45.1 Å². The van der Waals surface area contributed by atoms with E-state index in [0.29, 0.717) is 11.7 Å². The van der Waals surface area contributed by atoms with Gasteiger partial charge in [0.25, 0.3) is 0 Å². The molecule has 2 aliphatic rings. The fraction of sp³-hybridized carbons (Fsp3) is 0.188. The Balaban J connectivity index is 1.51. The zero-order valence-electron chi connectivity index (χ0n) is 23.2. The Bertz CT molecular complexity index is 1880. The molecular formula is C32H28BrFN5OPS. The number of halogens is 2. The summed E-state index contributed by atoms with van der Waals surface area (Å²) in [6.07, 6.45) is -0.664. The first-order chi connectivity index (χ1) is 20.3. The van der Waals surface area contributed by atoms with Crippen LogP contribution < -0.4 is 5.30 Å². The minimum atomic E-state index is -2.81. The number of hydrogen-bond acceptors (Lipinski definition) is 4. The van der Waals surface area contributed by atoms with E-state index in [0.717, 1.165) is 75.3 Å². The summed E-state index contributed by atoms with van der Waals surface area (Å²) in [5.41, 5.74) is 6.41. The van der Waals surface area contributed by atoms with Crippen LogP contribution in [0.15, 0.2) is 94.4 Å². The molecule has 0 saturated carbocycles. The molecule has 0 spiro atoms. The second-order valence-corrected chi connectivity index (χ2v) is 15.2. The van der Waals surface area contributed by atoms with Crippen LogP contribution in [0.25, 0.3) is 22.6 Å². The van der Waals surface area contributed by atoms with Gasteiger partial charge in [0, 0.05) is 45.8 Å². The number of para-hydroxylation sites is 1. The summed E-state index contributed by atoms with van der Waals surface area (Å²) in [7, 11) is 0. The molecule has 0 N–H and O–H groups in total. The third-order valence-corrected chi connectivity index (χ3v) is 12.4. The van der Waals surface area contributed by atoms with Crippen molar-refractivity contribution in [2.45, 2.75) is 26.7 Å². The van der Waals surface area contributed by atoms with E-state index < -0.39 is 6.42 Å². The second kappa shape index (κ2) is 10.7. The molecule has 0 aliphatic carbocycles. The number of nitrogens with zero attached hydrogens (tertiary/aromatic N) is 5. The van der Waals surface area contributed by atoms with Crippen LogP contribution in [0.3, 0.4) is 0 Å². The van der Waals surface area contributed by atoms with Crippen molar-refractivity contribution >= 4 is 51.2 Å². The molecule has 0 radical (unpaired) electrons. The first-order valence-electron chi connectivity index (χ1n) is 13.9. The smallest absolute Gasteiger partial charge is 0.227 e. The van der Waals surface area contributed by atoms with Gasteiger partial charge in [0.15, 0.2) is 5.82 Å². The Hall–Kier alpha value is -3.36. The van der Waals surface area contributed by atoms with Gasteiger partial charge in [0.2, 0.25) is 12.3 Å². The third kappa shape index (κ3) is 4.60. The number of aryl methyl sites for hydroxylation is 1. The van der Waals surface area contributed by atoms with Gasteiger partial charge in [-0.1, -0.05) is 34.1 Å². The second-order valence-electron chi connectivity index (χ2n) is 10.6. The molecule has 2 aliphatic heterocycles. The summed E-state index contributed by atoms with van der Waals surface area (Å²) in [6, 6.07) is 26.7. The van der Waals surface area contributed by atoms with Gasteiger partial charge in [-0.25, -0.2) is 13.7 Å². The topological polar surface area (TPSA) is 47.6 Å². The predicted octanol–water partition coefficient (Wildman–Crippen LogP) is 7.99. The predicted molar refractivity (Wildman–Crippen MR) is 174 cm³/mol. The van der Waals surface area contributed by atoms with Crippen LogP contribution in [0.1, 0.15) is 29.8 Å². The fourth-order valence-corrected chi connectivity index (χ4v) is 9.81. The van der Waals surface area contributed by atoms with E-state index in [1.807, 2.05) is 59.3 Å². The highest BCUT2D eigenvalue weighted by Gasteiger charge is 2.44. The van der Waals surface area contributed by atoms with E-state index in [1.165, 1.54) is 12.1 Å². The molecule has 1 saturated heterocycles. The number of benzene rings is 3. The summed E-state index contributed by atoms with van der Waals surface area (Å²) in [4.78, 5) is 5.13. The summed E-state index contributed by atoms with van der Waals surface area (Å²) in [5, 5.41) is 6.13. The van der Waals surface area contributed by atoms with Crippen LogP contribution in [0, 0.1) is 19.7 Å². The Morgan fingerprint density at radius 3 is 2.29 bits per heavy atom. The van der Waals surface area contributed by atoms with Crippen LogP contribution >= 0.6 is 22.3 Å². The maximum atomic E-state index is 13.8. The van der Waals surface area contributed by atoms with Crippen LogP contribution in [0.5, 0.6) is 0 Å². The van der Waals surface area contributed by atoms with Crippen molar-refractivity contribution in [2.75, 3.05) is 13.1 Å². The normalized spacial score (nSPS) is 18.5. The maximum absolute atomic E-state index is 13.8. The lowest BCUT2D eigenvalue weighted by Crippen LogP contribution is -2.30. The number of fused-ring (bicyclic) bond motifs is 1. The van der Waals surface area contributed by atoms with Gasteiger partial charge in [0.05, 0.1) is 5.69 Å². The summed E-state index contributed by atoms with van der Waals surface area (Å²) in [5.74, 6) is 0.966. The zero-order valence-corrected chi connectivity index (χ0v) is 26.5. The van der Waals surface area contributed by atoms with E-state index >= 15 is 0 Å². The molecule has 6 nitrogen and oxygen atoms in total. The summed E-state index contributed by atoms with van der Waals surface area (Å²) >= 11 is 10.2. The lowest BCUT2D eigenvalue weighted by Gasteiger charge is -2.34. The molecule has 10 heteroatoms. The molecular weight excluding hydrogens is 632 g/mol. The van der Waals surface area contributed by atoms with E-state index in [4.69, 9.17) is 26.4 Å². The fourth-order valence-electron chi connectivity index (χ4n) is 5.83. The molecule has 2 aromatic heterocycles. The highest BCUT2D eigenvalue weighted by Crippen LogP contribution is 2.59. The number of hydrogen-bond donors (Lipinski definition) is 0. The number of rotatable bonds is 5. The first-order valence-corrected chi connectivity index (χ1v) is 17.3. The largest absolute Gasteiger partial charge is 0.431 e. The lowest BCUT2D eigenvalue weighted by molar-refractivity contribution is 0.482. The van der Waals surface area contributed by atoms with Crippen molar-refractivity contribution in [1.82, 2.24) is 19.0 Å². The van der Waals surface area contributed by atoms with Crippen LogP contribution in [0.4, 0.5) is 10.2 Å². The third-order valence-electron chi connectivity index (χ3n) is 7.85. The van der Waals surface area contributed by atoms with Gasteiger partial charge >= 0.3 is 0 Å². The highest BCUT2D eigenvalue weighted by atomic mass is 79.9. The van der Waals surface area contributed by atoms with Crippen molar-refractivity contribution in [3.05, 3.63) is 112 Å². The Labute approximate surface area is 257 Å². The van der Waals surface area contributed by atoms with Crippen molar-refractivity contribution in [3.8, 4) is 22.6 Å². The van der Waals surface area contributed by atoms with Crippen LogP contribution in [-0.2, 0) is 16.3 Å². The van der Waals surface area contributed by atoms with Crippen LogP contribution in [-0.4, -0.2) is 38.0 Å². The Morgan fingerprint density at radius 1 is 0.905 bits per heavy atom. The quantitative estimate of drug-likeness (QED) is 0.180. The van der Waals surface area contributed by atoms with Crippen molar-refractivity contribution in [3.63, 3.8) is 0 Å². The molecule has 42 heavy (non-hydrogen) atoms. The minimum Gasteiger partial charge on any atom is -0.431 e. The maximum Gasteiger partial charge on any atom is 0.227 e. The molecule has 212 valence electrons. The number of aliphatic imine (C=N–C) groups is 1. The summed E-state index contributed by atoms with van der Waals surface area (Å²) in [6.45, 7) is 5.86. The molecule has 3 aromatic carbocycles. The average molecular weight is 661 g/mol. The van der Waals surface area contributed by atoms with Crippen molar-refractivity contribution < 1.29 is 8.91 Å². The van der Waals surface area contributed by atoms with Crippen LogP contribution in [0.2, 0.25) is 0 Å². The van der Waals surface area contributed by atoms with E-state index in [-0.39, 0.29) is 5.82 Å². The first kappa shape index (κ1) is 27.5. The SMILES string of the molecule is Cc1cc(-c2nn(-c3ccccc3)c3c2P(=S)(N2CCCC2)OC(c2ccc(Br)cc2)=N3)c(C)n1-c1ccc(F)cc1. The van der Waals surface area contributed by atoms with Crippen molar-refractivity contribution in [1.29, 1.82) is 0 Å². The Kier molecular flexibility index (Phi) is 7.02. The summed E-state index contributed by atoms with van der Waals surface area (Å²) < 4.78 is 28.0. The minimum absolute atomic E-state index is 0.264. The zero-order chi connectivity index (χ0) is 29.0. The van der Waals surface area contributed by atoms with E-state index in [1.54, 1.807) is 12.1 Å². The van der Waals surface area contributed by atoms with E-state index in [9.17, 15) is 4.39 Å². The monoisotopic (exact) mass is 659 g/mol. The molecule has 4 heterocycles. The molecule has 1 unspecified atom stereocenters. The molecule has 1 fully saturated rings. The van der Waals surface area contributed by atoms with Gasteiger partial charge in [-0.05, 0) is 105 Å². The average Bonchev–Trinajstić information content (AvgIpc) is 3.73.